The van der Waals surface area contributed by atoms with E-state index in [0.717, 1.165) is 0 Å². The summed E-state index contributed by atoms with van der Waals surface area (Å²) < 4.78 is 81.2. The molecule has 1 saturated heterocycles. The third-order valence-electron chi connectivity index (χ3n) is 3.80. The molecule has 0 amide bonds. The van der Waals surface area contributed by atoms with Crippen molar-refractivity contribution in [3.8, 4) is 0 Å². The molecule has 0 radical (unpaired) electrons. The van der Waals surface area contributed by atoms with Crippen LogP contribution < -0.4 is 0 Å². The number of hydrogen-bond donors (Lipinski definition) is 1. The van der Waals surface area contributed by atoms with Crippen molar-refractivity contribution >= 4 is 0 Å². The summed E-state index contributed by atoms with van der Waals surface area (Å²) in [6, 6.07) is 8.48. The van der Waals surface area contributed by atoms with Gasteiger partial charge in [-0.2, -0.15) is 26.3 Å². The summed E-state index contributed by atoms with van der Waals surface area (Å²) in [5, 5.41) is 10.1. The Labute approximate surface area is 122 Å². The standard InChI is InChI=1S/C14H14F6O2/c15-13(16,17)12(14(18,19)20)8-11(21,9-22-12)7-6-10-4-2-1-3-5-10/h1-5,21H,6-9H2/t11-/m1/s1. The highest BCUT2D eigenvalue weighted by Gasteiger charge is 2.76. The fourth-order valence-corrected chi connectivity index (χ4v) is 2.53. The minimum absolute atomic E-state index is 0.159. The lowest BCUT2D eigenvalue weighted by Gasteiger charge is -2.33. The molecule has 22 heavy (non-hydrogen) atoms. The zero-order chi connectivity index (χ0) is 16.6. The average Bonchev–Trinajstić information content (AvgIpc) is 2.77. The van der Waals surface area contributed by atoms with Gasteiger partial charge in [-0.1, -0.05) is 30.3 Å². The first kappa shape index (κ1) is 17.1. The van der Waals surface area contributed by atoms with Gasteiger partial charge >= 0.3 is 12.4 Å². The highest BCUT2D eigenvalue weighted by molar-refractivity contribution is 5.16. The molecule has 1 aliphatic rings. The van der Waals surface area contributed by atoms with Gasteiger partial charge in [0.2, 0.25) is 0 Å². The number of aliphatic hydroxyl groups is 1. The molecule has 0 aromatic heterocycles. The average molecular weight is 328 g/mol. The predicted molar refractivity (Wildman–Crippen MR) is 65.1 cm³/mol. The molecular weight excluding hydrogens is 314 g/mol. The van der Waals surface area contributed by atoms with Crippen molar-refractivity contribution in [2.45, 2.75) is 42.8 Å². The van der Waals surface area contributed by atoms with Crippen LogP contribution in [0.5, 0.6) is 0 Å². The highest BCUT2D eigenvalue weighted by atomic mass is 19.4. The highest BCUT2D eigenvalue weighted by Crippen LogP contribution is 2.54. The molecule has 0 bridgehead atoms. The molecule has 1 N–H and O–H groups in total. The lowest BCUT2D eigenvalue weighted by Crippen LogP contribution is -2.57. The summed E-state index contributed by atoms with van der Waals surface area (Å²) in [6.45, 7) is -1.00. The second-order valence-corrected chi connectivity index (χ2v) is 5.50. The van der Waals surface area contributed by atoms with E-state index < -0.39 is 36.6 Å². The van der Waals surface area contributed by atoms with E-state index in [9.17, 15) is 31.4 Å². The second-order valence-electron chi connectivity index (χ2n) is 5.50. The maximum absolute atomic E-state index is 12.9. The van der Waals surface area contributed by atoms with Gasteiger partial charge < -0.3 is 9.84 Å². The monoisotopic (exact) mass is 328 g/mol. The number of alkyl halides is 6. The molecule has 2 rings (SSSR count). The smallest absolute Gasteiger partial charge is 0.387 e. The Morgan fingerprint density at radius 2 is 1.55 bits per heavy atom. The minimum atomic E-state index is -5.64. The summed E-state index contributed by atoms with van der Waals surface area (Å²) in [4.78, 5) is 0. The maximum atomic E-state index is 12.9. The number of hydrogen-bond acceptors (Lipinski definition) is 2. The van der Waals surface area contributed by atoms with Crippen LogP contribution in [0.4, 0.5) is 26.3 Å². The van der Waals surface area contributed by atoms with Gasteiger partial charge in [0.05, 0.1) is 12.2 Å². The van der Waals surface area contributed by atoms with E-state index in [1.54, 1.807) is 30.3 Å². The summed E-state index contributed by atoms with van der Waals surface area (Å²) >= 11 is 0. The zero-order valence-electron chi connectivity index (χ0n) is 11.3. The van der Waals surface area contributed by atoms with Crippen LogP contribution in [0.25, 0.3) is 0 Å². The summed E-state index contributed by atoms with van der Waals surface area (Å²) in [5.41, 5.74) is -5.75. The number of ether oxygens (including phenoxy) is 1. The van der Waals surface area contributed by atoms with Crippen LogP contribution in [0, 0.1) is 0 Å². The molecule has 1 fully saturated rings. The largest absolute Gasteiger partial charge is 0.426 e. The van der Waals surface area contributed by atoms with Crippen LogP contribution in [0.3, 0.4) is 0 Å². The van der Waals surface area contributed by atoms with Crippen molar-refractivity contribution in [2.75, 3.05) is 6.61 Å². The second kappa shape index (κ2) is 5.42. The van der Waals surface area contributed by atoms with Gasteiger partial charge in [0.1, 0.15) is 0 Å². The molecule has 1 atom stereocenters. The number of halogens is 6. The van der Waals surface area contributed by atoms with Crippen LogP contribution in [0.2, 0.25) is 0 Å². The van der Waals surface area contributed by atoms with E-state index >= 15 is 0 Å². The maximum Gasteiger partial charge on any atom is 0.426 e. The Hall–Kier alpha value is -1.28. The van der Waals surface area contributed by atoms with Gasteiger partial charge in [-0.15, -0.1) is 0 Å². The lowest BCUT2D eigenvalue weighted by molar-refractivity contribution is -0.368. The van der Waals surface area contributed by atoms with Gasteiger partial charge in [0.25, 0.3) is 5.60 Å². The molecule has 1 aromatic rings. The van der Waals surface area contributed by atoms with Crippen LogP contribution in [0.15, 0.2) is 30.3 Å². The molecule has 0 saturated carbocycles. The van der Waals surface area contributed by atoms with E-state index in [-0.39, 0.29) is 12.8 Å². The quantitative estimate of drug-likeness (QED) is 0.859. The molecule has 0 spiro atoms. The summed E-state index contributed by atoms with van der Waals surface area (Å²) in [7, 11) is 0. The third kappa shape index (κ3) is 3.08. The minimum Gasteiger partial charge on any atom is -0.387 e. The Bertz CT molecular complexity index is 496. The molecule has 124 valence electrons. The van der Waals surface area contributed by atoms with E-state index in [0.29, 0.717) is 5.56 Å². The normalized spacial score (nSPS) is 25.4. The van der Waals surface area contributed by atoms with Crippen LogP contribution in [-0.2, 0) is 11.2 Å². The van der Waals surface area contributed by atoms with E-state index in [4.69, 9.17) is 0 Å². The van der Waals surface area contributed by atoms with E-state index in [2.05, 4.69) is 4.74 Å². The fraction of sp³-hybridized carbons (Fsp3) is 0.571. The summed E-state index contributed by atoms with van der Waals surface area (Å²) in [6.07, 6.45) is -12.9. The molecule has 0 unspecified atom stereocenters. The van der Waals surface area contributed by atoms with Gasteiger partial charge in [0.15, 0.2) is 0 Å². The molecule has 8 heteroatoms. The first-order chi connectivity index (χ1) is 9.99. The molecule has 1 aromatic carbocycles. The van der Waals surface area contributed by atoms with Crippen molar-refractivity contribution in [1.82, 2.24) is 0 Å². The Kier molecular flexibility index (Phi) is 4.20. The molecule has 2 nitrogen and oxygen atoms in total. The van der Waals surface area contributed by atoms with Crippen molar-refractivity contribution in [2.24, 2.45) is 0 Å². The van der Waals surface area contributed by atoms with Crippen LogP contribution in [-0.4, -0.2) is 35.3 Å². The van der Waals surface area contributed by atoms with Crippen LogP contribution in [0.1, 0.15) is 18.4 Å². The topological polar surface area (TPSA) is 29.5 Å². The van der Waals surface area contributed by atoms with Crippen molar-refractivity contribution in [3.63, 3.8) is 0 Å². The van der Waals surface area contributed by atoms with Gasteiger partial charge in [-0.25, -0.2) is 0 Å². The van der Waals surface area contributed by atoms with Crippen molar-refractivity contribution in [1.29, 1.82) is 0 Å². The predicted octanol–water partition coefficient (Wildman–Crippen LogP) is 3.63. The van der Waals surface area contributed by atoms with Gasteiger partial charge in [-0.05, 0) is 18.4 Å². The lowest BCUT2D eigenvalue weighted by atomic mass is 9.86. The van der Waals surface area contributed by atoms with Gasteiger partial charge in [-0.3, -0.25) is 0 Å². The molecule has 1 heterocycles. The van der Waals surface area contributed by atoms with E-state index in [1.165, 1.54) is 0 Å². The van der Waals surface area contributed by atoms with E-state index in [1.807, 2.05) is 0 Å². The zero-order valence-corrected chi connectivity index (χ0v) is 11.3. The third-order valence-corrected chi connectivity index (χ3v) is 3.80. The Morgan fingerprint density at radius 3 is 2.00 bits per heavy atom. The molecular formula is C14H14F6O2. The first-order valence-corrected chi connectivity index (χ1v) is 6.53. The van der Waals surface area contributed by atoms with Crippen LogP contribution >= 0.6 is 0 Å². The molecule has 1 aliphatic heterocycles. The Morgan fingerprint density at radius 1 is 1.00 bits per heavy atom. The number of benzene rings is 1. The van der Waals surface area contributed by atoms with Crippen molar-refractivity contribution in [3.05, 3.63) is 35.9 Å². The Balaban J connectivity index is 2.15. The SMILES string of the molecule is O[C@@]1(CCc2ccccc2)COC(C(F)(F)F)(C(F)(F)F)C1. The first-order valence-electron chi connectivity index (χ1n) is 6.53. The fourth-order valence-electron chi connectivity index (χ4n) is 2.53. The van der Waals surface area contributed by atoms with Gasteiger partial charge in [0, 0.05) is 6.42 Å². The van der Waals surface area contributed by atoms with Crippen molar-refractivity contribution < 1.29 is 36.2 Å². The summed E-state index contributed by atoms with van der Waals surface area (Å²) in [5.74, 6) is 0. The molecule has 0 aliphatic carbocycles. The number of aryl methyl sites for hydroxylation is 1. The number of rotatable bonds is 3.